The van der Waals surface area contributed by atoms with Crippen LogP contribution in [-0.4, -0.2) is 61.0 Å². The summed E-state index contributed by atoms with van der Waals surface area (Å²) in [4.78, 5) is 6.93. The van der Waals surface area contributed by atoms with Crippen LogP contribution in [-0.2, 0) is 11.2 Å². The Kier molecular flexibility index (Phi) is 4.42. The predicted octanol–water partition coefficient (Wildman–Crippen LogP) is 0.411. The summed E-state index contributed by atoms with van der Waals surface area (Å²) in [5, 5.41) is 7.52. The van der Waals surface area contributed by atoms with E-state index < -0.39 is 0 Å². The topological polar surface area (TPSA) is 63.4 Å². The van der Waals surface area contributed by atoms with E-state index >= 15 is 0 Å². The SMILES string of the molecule is C1CNCC(c2noc(CCN3CCOCC3)n2)C1. The predicted molar refractivity (Wildman–Crippen MR) is 70.1 cm³/mol. The van der Waals surface area contributed by atoms with Crippen LogP contribution >= 0.6 is 0 Å². The van der Waals surface area contributed by atoms with Gasteiger partial charge in [0.1, 0.15) is 0 Å². The van der Waals surface area contributed by atoms with Crippen molar-refractivity contribution >= 4 is 0 Å². The monoisotopic (exact) mass is 266 g/mol. The number of morpholine rings is 1. The van der Waals surface area contributed by atoms with Crippen LogP contribution in [0.4, 0.5) is 0 Å². The summed E-state index contributed by atoms with van der Waals surface area (Å²) in [6.07, 6.45) is 3.20. The summed E-state index contributed by atoms with van der Waals surface area (Å²) in [6, 6.07) is 0. The average molecular weight is 266 g/mol. The normalized spacial score (nSPS) is 25.6. The number of aromatic nitrogens is 2. The maximum absolute atomic E-state index is 5.36. The van der Waals surface area contributed by atoms with Gasteiger partial charge in [-0.15, -0.1) is 0 Å². The van der Waals surface area contributed by atoms with Gasteiger partial charge >= 0.3 is 0 Å². The van der Waals surface area contributed by atoms with Gasteiger partial charge in [0.2, 0.25) is 5.89 Å². The number of piperidine rings is 1. The van der Waals surface area contributed by atoms with Crippen molar-refractivity contribution in [1.82, 2.24) is 20.4 Å². The first-order chi connectivity index (χ1) is 9.42. The third kappa shape index (κ3) is 3.52. The molecule has 0 bridgehead atoms. The quantitative estimate of drug-likeness (QED) is 0.851. The summed E-state index contributed by atoms with van der Waals surface area (Å²) in [7, 11) is 0. The molecular weight excluding hydrogens is 244 g/mol. The Labute approximate surface area is 113 Å². The van der Waals surface area contributed by atoms with E-state index in [1.54, 1.807) is 0 Å². The van der Waals surface area contributed by atoms with E-state index in [9.17, 15) is 0 Å². The minimum atomic E-state index is 0.426. The Morgan fingerprint density at radius 3 is 3.00 bits per heavy atom. The largest absolute Gasteiger partial charge is 0.379 e. The molecule has 0 amide bonds. The molecule has 2 aliphatic heterocycles. The van der Waals surface area contributed by atoms with Crippen molar-refractivity contribution in [2.75, 3.05) is 45.9 Å². The molecule has 2 aliphatic rings. The third-order valence-corrected chi connectivity index (χ3v) is 3.89. The van der Waals surface area contributed by atoms with E-state index in [-0.39, 0.29) is 0 Å². The van der Waals surface area contributed by atoms with Crippen molar-refractivity contribution in [3.8, 4) is 0 Å². The zero-order valence-corrected chi connectivity index (χ0v) is 11.3. The standard InChI is InChI=1S/C13H22N4O2/c1-2-11(10-14-4-1)13-15-12(19-16-13)3-5-17-6-8-18-9-7-17/h11,14H,1-10H2. The fraction of sp³-hybridized carbons (Fsp3) is 0.846. The van der Waals surface area contributed by atoms with Gasteiger partial charge < -0.3 is 14.6 Å². The maximum Gasteiger partial charge on any atom is 0.227 e. The lowest BCUT2D eigenvalue weighted by atomic mass is 9.99. The van der Waals surface area contributed by atoms with Crippen molar-refractivity contribution in [2.45, 2.75) is 25.2 Å². The minimum absolute atomic E-state index is 0.426. The zero-order chi connectivity index (χ0) is 12.9. The van der Waals surface area contributed by atoms with Gasteiger partial charge in [-0.05, 0) is 19.4 Å². The molecule has 1 aromatic heterocycles. The minimum Gasteiger partial charge on any atom is -0.379 e. The molecule has 1 atom stereocenters. The van der Waals surface area contributed by atoms with Crippen molar-refractivity contribution in [3.05, 3.63) is 11.7 Å². The van der Waals surface area contributed by atoms with Crippen molar-refractivity contribution < 1.29 is 9.26 Å². The van der Waals surface area contributed by atoms with E-state index in [1.165, 1.54) is 6.42 Å². The van der Waals surface area contributed by atoms with E-state index in [0.29, 0.717) is 5.92 Å². The molecule has 0 saturated carbocycles. The highest BCUT2D eigenvalue weighted by Crippen LogP contribution is 2.20. The van der Waals surface area contributed by atoms with Crippen molar-refractivity contribution in [1.29, 1.82) is 0 Å². The molecule has 0 aromatic carbocycles. The highest BCUT2D eigenvalue weighted by Gasteiger charge is 2.21. The lowest BCUT2D eigenvalue weighted by molar-refractivity contribution is 0.0375. The Bertz CT molecular complexity index is 384. The average Bonchev–Trinajstić information content (AvgIpc) is 2.96. The molecule has 0 spiro atoms. The van der Waals surface area contributed by atoms with E-state index in [0.717, 1.165) is 70.5 Å². The fourth-order valence-electron chi connectivity index (χ4n) is 2.69. The van der Waals surface area contributed by atoms with Crippen LogP contribution in [0.5, 0.6) is 0 Å². The Morgan fingerprint density at radius 2 is 2.21 bits per heavy atom. The zero-order valence-electron chi connectivity index (χ0n) is 11.3. The first-order valence-electron chi connectivity index (χ1n) is 7.25. The first-order valence-corrected chi connectivity index (χ1v) is 7.25. The molecule has 106 valence electrons. The second-order valence-electron chi connectivity index (χ2n) is 5.29. The summed E-state index contributed by atoms with van der Waals surface area (Å²) in [5.74, 6) is 2.07. The number of nitrogens with one attached hydrogen (secondary N) is 1. The van der Waals surface area contributed by atoms with Gasteiger partial charge in [0.25, 0.3) is 0 Å². The van der Waals surface area contributed by atoms with Crippen molar-refractivity contribution in [2.24, 2.45) is 0 Å². The highest BCUT2D eigenvalue weighted by atomic mass is 16.5. The molecule has 19 heavy (non-hydrogen) atoms. The fourth-order valence-corrected chi connectivity index (χ4v) is 2.69. The number of nitrogens with zero attached hydrogens (tertiary/aromatic N) is 3. The van der Waals surface area contributed by atoms with Crippen LogP contribution in [0.25, 0.3) is 0 Å². The molecule has 3 heterocycles. The van der Waals surface area contributed by atoms with Crippen molar-refractivity contribution in [3.63, 3.8) is 0 Å². The lowest BCUT2D eigenvalue weighted by Crippen LogP contribution is -2.37. The highest BCUT2D eigenvalue weighted by molar-refractivity contribution is 4.98. The summed E-state index contributed by atoms with van der Waals surface area (Å²) in [6.45, 7) is 6.75. The molecule has 1 aromatic rings. The number of hydrogen-bond acceptors (Lipinski definition) is 6. The molecule has 3 rings (SSSR count). The summed E-state index contributed by atoms with van der Waals surface area (Å²) >= 11 is 0. The van der Waals surface area contributed by atoms with Gasteiger partial charge in [0, 0.05) is 38.5 Å². The number of rotatable bonds is 4. The Balaban J connectivity index is 1.49. The molecule has 2 saturated heterocycles. The van der Waals surface area contributed by atoms with Crippen LogP contribution in [0.15, 0.2) is 4.52 Å². The summed E-state index contributed by atoms with van der Waals surface area (Å²) in [5.41, 5.74) is 0. The Morgan fingerprint density at radius 1 is 1.32 bits per heavy atom. The molecule has 1 unspecified atom stereocenters. The summed E-state index contributed by atoms with van der Waals surface area (Å²) < 4.78 is 10.7. The molecule has 0 radical (unpaired) electrons. The molecular formula is C13H22N4O2. The second-order valence-corrected chi connectivity index (χ2v) is 5.29. The van der Waals surface area contributed by atoms with Gasteiger partial charge in [-0.2, -0.15) is 4.98 Å². The molecule has 6 nitrogen and oxygen atoms in total. The van der Waals surface area contributed by atoms with Crippen LogP contribution in [0.3, 0.4) is 0 Å². The van der Waals surface area contributed by atoms with Gasteiger partial charge in [0.05, 0.1) is 13.2 Å². The van der Waals surface area contributed by atoms with Gasteiger partial charge in [-0.3, -0.25) is 4.90 Å². The van der Waals surface area contributed by atoms with E-state index in [2.05, 4.69) is 20.4 Å². The van der Waals surface area contributed by atoms with E-state index in [4.69, 9.17) is 9.26 Å². The molecule has 0 aliphatic carbocycles. The first kappa shape index (κ1) is 13.0. The van der Waals surface area contributed by atoms with Gasteiger partial charge in [0.15, 0.2) is 5.82 Å². The lowest BCUT2D eigenvalue weighted by Gasteiger charge is -2.25. The maximum atomic E-state index is 5.36. The van der Waals surface area contributed by atoms with Gasteiger partial charge in [-0.1, -0.05) is 5.16 Å². The van der Waals surface area contributed by atoms with Crippen LogP contribution in [0.1, 0.15) is 30.5 Å². The number of ether oxygens (including phenoxy) is 1. The van der Waals surface area contributed by atoms with Gasteiger partial charge in [-0.25, -0.2) is 0 Å². The van der Waals surface area contributed by atoms with Crippen LogP contribution < -0.4 is 5.32 Å². The Hall–Kier alpha value is -0.980. The second kappa shape index (κ2) is 6.45. The smallest absolute Gasteiger partial charge is 0.227 e. The van der Waals surface area contributed by atoms with Crippen LogP contribution in [0.2, 0.25) is 0 Å². The van der Waals surface area contributed by atoms with Crippen LogP contribution in [0, 0.1) is 0 Å². The molecule has 2 fully saturated rings. The number of hydrogen-bond donors (Lipinski definition) is 1. The van der Waals surface area contributed by atoms with E-state index in [1.807, 2.05) is 0 Å². The third-order valence-electron chi connectivity index (χ3n) is 3.89. The molecule has 6 heteroatoms. The molecule has 1 N–H and O–H groups in total.